The van der Waals surface area contributed by atoms with Gasteiger partial charge in [-0.15, -0.1) is 0 Å². The van der Waals surface area contributed by atoms with Gasteiger partial charge in [0.15, 0.2) is 5.78 Å². The van der Waals surface area contributed by atoms with Crippen molar-refractivity contribution in [1.29, 1.82) is 0 Å². The van der Waals surface area contributed by atoms with Crippen LogP contribution in [0.4, 0.5) is 4.39 Å². The van der Waals surface area contributed by atoms with Gasteiger partial charge in [-0.25, -0.2) is 4.39 Å². The predicted molar refractivity (Wildman–Crippen MR) is 72.8 cm³/mol. The highest BCUT2D eigenvalue weighted by Gasteiger charge is 2.15. The summed E-state index contributed by atoms with van der Waals surface area (Å²) < 4.78 is 13.0. The molecule has 0 radical (unpaired) electrons. The van der Waals surface area contributed by atoms with Crippen molar-refractivity contribution in [3.8, 4) is 0 Å². The van der Waals surface area contributed by atoms with Crippen molar-refractivity contribution >= 4 is 11.9 Å². The number of carbonyl (C=O) groups excluding carboxylic acids is 1. The highest BCUT2D eigenvalue weighted by atomic mass is 19.1. The number of allylic oxidation sites excluding steroid dienone is 1. The lowest BCUT2D eigenvalue weighted by molar-refractivity contribution is -0.119. The summed E-state index contributed by atoms with van der Waals surface area (Å²) in [6, 6.07) is 6.25. The number of benzene rings is 1. The number of ketones is 1. The van der Waals surface area contributed by atoms with E-state index in [-0.39, 0.29) is 17.5 Å². The summed E-state index contributed by atoms with van der Waals surface area (Å²) in [4.78, 5) is 14.1. The van der Waals surface area contributed by atoms with E-state index in [9.17, 15) is 9.18 Å². The zero-order chi connectivity index (χ0) is 13.7. The Bertz CT molecular complexity index is 452. The maximum atomic E-state index is 13.0. The number of hydrogen-bond donors (Lipinski definition) is 0. The molecular formula is C15H20FNO. The third-order valence-electron chi connectivity index (χ3n) is 2.71. The van der Waals surface area contributed by atoms with Gasteiger partial charge in [-0.1, -0.05) is 19.1 Å². The molecule has 0 bridgehead atoms. The zero-order valence-corrected chi connectivity index (χ0v) is 11.4. The van der Waals surface area contributed by atoms with Crippen LogP contribution in [-0.2, 0) is 4.79 Å². The molecule has 0 aliphatic rings. The Morgan fingerprint density at radius 1 is 1.44 bits per heavy atom. The first kappa shape index (κ1) is 14.6. The Hall–Kier alpha value is -1.48. The first-order chi connectivity index (χ1) is 8.40. The van der Waals surface area contributed by atoms with E-state index in [4.69, 9.17) is 0 Å². The van der Waals surface area contributed by atoms with Crippen LogP contribution in [0.1, 0.15) is 19.4 Å². The third-order valence-corrected chi connectivity index (χ3v) is 2.71. The van der Waals surface area contributed by atoms with E-state index in [0.29, 0.717) is 12.1 Å². The van der Waals surface area contributed by atoms with Crippen molar-refractivity contribution in [2.45, 2.75) is 13.8 Å². The fourth-order valence-electron chi connectivity index (χ4n) is 1.94. The molecule has 2 nitrogen and oxygen atoms in total. The van der Waals surface area contributed by atoms with Crippen LogP contribution >= 0.6 is 0 Å². The average molecular weight is 249 g/mol. The molecule has 0 saturated carbocycles. The highest BCUT2D eigenvalue weighted by Crippen LogP contribution is 2.13. The van der Waals surface area contributed by atoms with Crippen LogP contribution in [0.2, 0.25) is 0 Å². The van der Waals surface area contributed by atoms with Gasteiger partial charge in [-0.2, -0.15) is 0 Å². The largest absolute Gasteiger partial charge is 0.309 e. The third kappa shape index (κ3) is 4.41. The summed E-state index contributed by atoms with van der Waals surface area (Å²) in [6.45, 7) is 4.40. The summed E-state index contributed by atoms with van der Waals surface area (Å²) in [7, 11) is 3.88. The number of nitrogens with zero attached hydrogens (tertiary/aromatic N) is 1. The van der Waals surface area contributed by atoms with E-state index in [1.807, 2.05) is 25.9 Å². The van der Waals surface area contributed by atoms with Crippen LogP contribution in [-0.4, -0.2) is 31.3 Å². The lowest BCUT2D eigenvalue weighted by Crippen LogP contribution is -2.26. The maximum absolute atomic E-state index is 13.0. The van der Waals surface area contributed by atoms with Gasteiger partial charge < -0.3 is 4.90 Å². The molecule has 1 aromatic rings. The number of rotatable bonds is 5. The van der Waals surface area contributed by atoms with Crippen LogP contribution in [0.3, 0.4) is 0 Å². The van der Waals surface area contributed by atoms with Gasteiger partial charge >= 0.3 is 0 Å². The molecule has 0 aliphatic heterocycles. The Labute approximate surface area is 108 Å². The van der Waals surface area contributed by atoms with Gasteiger partial charge in [-0.05, 0) is 50.4 Å². The second kappa shape index (κ2) is 6.45. The van der Waals surface area contributed by atoms with E-state index < -0.39 is 0 Å². The molecule has 0 amide bonds. The second-order valence-electron chi connectivity index (χ2n) is 4.91. The standard InChI is InChI=1S/C15H20FNO/c1-11(15(18)12(2)10-17(3)4)8-13-6-5-7-14(16)9-13/h5-9,12H,10H2,1-4H3/b11-8+. The molecule has 0 aliphatic carbocycles. The van der Waals surface area contributed by atoms with Crippen LogP contribution in [0.15, 0.2) is 29.8 Å². The molecule has 0 heterocycles. The molecule has 0 saturated heterocycles. The van der Waals surface area contributed by atoms with Crippen molar-refractivity contribution in [3.05, 3.63) is 41.2 Å². The zero-order valence-electron chi connectivity index (χ0n) is 11.4. The second-order valence-corrected chi connectivity index (χ2v) is 4.91. The summed E-state index contributed by atoms with van der Waals surface area (Å²) in [5.41, 5.74) is 1.38. The lowest BCUT2D eigenvalue weighted by atomic mass is 9.98. The fourth-order valence-corrected chi connectivity index (χ4v) is 1.94. The van der Waals surface area contributed by atoms with Gasteiger partial charge in [0.1, 0.15) is 5.82 Å². The van der Waals surface area contributed by atoms with Crippen molar-refractivity contribution < 1.29 is 9.18 Å². The van der Waals surface area contributed by atoms with E-state index in [0.717, 1.165) is 5.56 Å². The Morgan fingerprint density at radius 3 is 2.67 bits per heavy atom. The SMILES string of the molecule is C/C(=C\c1cccc(F)c1)C(=O)C(C)CN(C)C. The summed E-state index contributed by atoms with van der Waals surface area (Å²) in [6.07, 6.45) is 1.73. The van der Waals surface area contributed by atoms with Crippen LogP contribution in [0.5, 0.6) is 0 Å². The van der Waals surface area contributed by atoms with Crippen LogP contribution in [0, 0.1) is 11.7 Å². The first-order valence-electron chi connectivity index (χ1n) is 6.03. The number of halogens is 1. The van der Waals surface area contributed by atoms with E-state index in [1.165, 1.54) is 12.1 Å². The van der Waals surface area contributed by atoms with Gasteiger partial charge in [0.2, 0.25) is 0 Å². The molecule has 0 aromatic heterocycles. The molecule has 3 heteroatoms. The summed E-state index contributed by atoms with van der Waals surface area (Å²) >= 11 is 0. The molecule has 18 heavy (non-hydrogen) atoms. The van der Waals surface area contributed by atoms with Crippen molar-refractivity contribution in [2.75, 3.05) is 20.6 Å². The summed E-state index contributed by atoms with van der Waals surface area (Å²) in [5, 5.41) is 0. The van der Waals surface area contributed by atoms with E-state index in [2.05, 4.69) is 0 Å². The molecule has 0 N–H and O–H groups in total. The van der Waals surface area contributed by atoms with E-state index >= 15 is 0 Å². The molecular weight excluding hydrogens is 229 g/mol. The minimum absolute atomic E-state index is 0.0511. The predicted octanol–water partition coefficient (Wildman–Crippen LogP) is 3.00. The maximum Gasteiger partial charge on any atom is 0.162 e. The summed E-state index contributed by atoms with van der Waals surface area (Å²) in [5.74, 6) is -0.233. The molecule has 1 aromatic carbocycles. The first-order valence-corrected chi connectivity index (χ1v) is 6.03. The minimum Gasteiger partial charge on any atom is -0.309 e. The van der Waals surface area contributed by atoms with Gasteiger partial charge in [0.25, 0.3) is 0 Å². The topological polar surface area (TPSA) is 20.3 Å². The fraction of sp³-hybridized carbons (Fsp3) is 0.400. The van der Waals surface area contributed by atoms with Crippen molar-refractivity contribution in [1.82, 2.24) is 4.90 Å². The normalized spacial score (nSPS) is 13.8. The number of Topliss-reactive ketones (excluding diaryl/α,β-unsaturated/α-hetero) is 1. The van der Waals surface area contributed by atoms with Gasteiger partial charge in [0.05, 0.1) is 0 Å². The quantitative estimate of drug-likeness (QED) is 0.748. The molecule has 98 valence electrons. The Kier molecular flexibility index (Phi) is 5.23. The van der Waals surface area contributed by atoms with Crippen LogP contribution < -0.4 is 0 Å². The van der Waals surface area contributed by atoms with E-state index in [1.54, 1.807) is 25.1 Å². The van der Waals surface area contributed by atoms with Gasteiger partial charge in [0, 0.05) is 12.5 Å². The molecule has 1 atom stereocenters. The smallest absolute Gasteiger partial charge is 0.162 e. The van der Waals surface area contributed by atoms with Crippen molar-refractivity contribution in [2.24, 2.45) is 5.92 Å². The van der Waals surface area contributed by atoms with Crippen LogP contribution in [0.25, 0.3) is 6.08 Å². The van der Waals surface area contributed by atoms with Gasteiger partial charge in [-0.3, -0.25) is 4.79 Å². The minimum atomic E-state index is -0.287. The lowest BCUT2D eigenvalue weighted by Gasteiger charge is -2.16. The van der Waals surface area contributed by atoms with Crippen molar-refractivity contribution in [3.63, 3.8) is 0 Å². The molecule has 0 fully saturated rings. The molecule has 1 rings (SSSR count). The highest BCUT2D eigenvalue weighted by molar-refractivity contribution is 6.00. The average Bonchev–Trinajstić information content (AvgIpc) is 2.27. The monoisotopic (exact) mass is 249 g/mol. The Balaban J connectivity index is 2.80. The molecule has 0 spiro atoms. The molecule has 1 unspecified atom stereocenters. The number of carbonyl (C=O) groups is 1. The number of hydrogen-bond acceptors (Lipinski definition) is 2. The Morgan fingerprint density at radius 2 is 2.11 bits per heavy atom.